The van der Waals surface area contributed by atoms with Crippen LogP contribution in [-0.4, -0.2) is 18.6 Å². The third kappa shape index (κ3) is 2.40. The SMILES string of the molecule is CCOC(=O)C1CC(c2ccccc2)ON1. The van der Waals surface area contributed by atoms with Crippen molar-refractivity contribution in [1.29, 1.82) is 0 Å². The number of rotatable bonds is 3. The average Bonchev–Trinajstić information content (AvgIpc) is 2.80. The molecule has 2 rings (SSSR count). The van der Waals surface area contributed by atoms with Crippen LogP contribution in [0.4, 0.5) is 0 Å². The highest BCUT2D eigenvalue weighted by Gasteiger charge is 2.32. The Bertz CT molecular complexity index is 353. The molecule has 1 fully saturated rings. The van der Waals surface area contributed by atoms with Crippen LogP contribution in [0.2, 0.25) is 0 Å². The standard InChI is InChI=1S/C12H15NO3/c1-2-15-12(14)10-8-11(16-13-10)9-6-4-3-5-7-9/h3-7,10-11,13H,2,8H2,1H3. The van der Waals surface area contributed by atoms with Gasteiger partial charge >= 0.3 is 5.97 Å². The smallest absolute Gasteiger partial charge is 0.325 e. The van der Waals surface area contributed by atoms with Gasteiger partial charge in [-0.3, -0.25) is 9.63 Å². The number of esters is 1. The Morgan fingerprint density at radius 2 is 2.25 bits per heavy atom. The van der Waals surface area contributed by atoms with Crippen LogP contribution in [0.3, 0.4) is 0 Å². The maximum absolute atomic E-state index is 11.5. The number of ether oxygens (including phenoxy) is 1. The summed E-state index contributed by atoms with van der Waals surface area (Å²) in [7, 11) is 0. The number of nitrogens with one attached hydrogen (secondary N) is 1. The lowest BCUT2D eigenvalue weighted by molar-refractivity contribution is -0.146. The lowest BCUT2D eigenvalue weighted by atomic mass is 10.0. The van der Waals surface area contributed by atoms with Crippen molar-refractivity contribution in [2.75, 3.05) is 6.61 Å². The van der Waals surface area contributed by atoms with Crippen molar-refractivity contribution in [3.8, 4) is 0 Å². The van der Waals surface area contributed by atoms with E-state index in [4.69, 9.17) is 9.57 Å². The molecule has 1 aromatic carbocycles. The van der Waals surface area contributed by atoms with Crippen LogP contribution in [0, 0.1) is 0 Å². The summed E-state index contributed by atoms with van der Waals surface area (Å²) in [5.41, 5.74) is 3.79. The van der Waals surface area contributed by atoms with Gasteiger partial charge in [-0.15, -0.1) is 0 Å². The first kappa shape index (κ1) is 11.1. The third-order valence-electron chi connectivity index (χ3n) is 2.54. The van der Waals surface area contributed by atoms with Crippen LogP contribution in [0.25, 0.3) is 0 Å². The van der Waals surface area contributed by atoms with Crippen molar-refractivity contribution in [1.82, 2.24) is 5.48 Å². The summed E-state index contributed by atoms with van der Waals surface area (Å²) >= 11 is 0. The second kappa shape index (κ2) is 5.09. The maximum atomic E-state index is 11.5. The summed E-state index contributed by atoms with van der Waals surface area (Å²) in [6.45, 7) is 2.19. The minimum absolute atomic E-state index is 0.0735. The first-order valence-corrected chi connectivity index (χ1v) is 5.44. The molecule has 1 aliphatic rings. The van der Waals surface area contributed by atoms with Gasteiger partial charge in [-0.2, -0.15) is 5.48 Å². The van der Waals surface area contributed by atoms with Gasteiger partial charge in [0.1, 0.15) is 12.1 Å². The van der Waals surface area contributed by atoms with Gasteiger partial charge in [-0.05, 0) is 12.5 Å². The number of hydroxylamine groups is 1. The molecule has 4 nitrogen and oxygen atoms in total. The summed E-state index contributed by atoms with van der Waals surface area (Å²) in [6.07, 6.45) is 0.540. The molecule has 0 amide bonds. The van der Waals surface area contributed by atoms with Crippen molar-refractivity contribution in [2.24, 2.45) is 0 Å². The van der Waals surface area contributed by atoms with Crippen molar-refractivity contribution < 1.29 is 14.4 Å². The molecule has 0 aromatic heterocycles. The van der Waals surface area contributed by atoms with E-state index in [1.54, 1.807) is 6.92 Å². The molecule has 1 aromatic rings. The van der Waals surface area contributed by atoms with Crippen LogP contribution < -0.4 is 5.48 Å². The van der Waals surface area contributed by atoms with E-state index in [0.717, 1.165) is 5.56 Å². The van der Waals surface area contributed by atoms with E-state index in [9.17, 15) is 4.79 Å². The van der Waals surface area contributed by atoms with Gasteiger partial charge in [0.05, 0.1) is 6.61 Å². The quantitative estimate of drug-likeness (QED) is 0.787. The van der Waals surface area contributed by atoms with Crippen LogP contribution in [0.15, 0.2) is 30.3 Å². The van der Waals surface area contributed by atoms with Gasteiger partial charge in [0.25, 0.3) is 0 Å². The number of hydrogen-bond acceptors (Lipinski definition) is 4. The van der Waals surface area contributed by atoms with E-state index in [1.807, 2.05) is 30.3 Å². The molecule has 0 saturated carbocycles. The maximum Gasteiger partial charge on any atom is 0.325 e. The summed E-state index contributed by atoms with van der Waals surface area (Å²) in [6, 6.07) is 9.48. The minimum Gasteiger partial charge on any atom is -0.465 e. The second-order valence-corrected chi connectivity index (χ2v) is 3.68. The first-order valence-electron chi connectivity index (χ1n) is 5.44. The molecular formula is C12H15NO3. The lowest BCUT2D eigenvalue weighted by Crippen LogP contribution is -2.31. The Balaban J connectivity index is 1.96. The highest BCUT2D eigenvalue weighted by molar-refractivity contribution is 5.75. The van der Waals surface area contributed by atoms with Crippen molar-refractivity contribution in [3.05, 3.63) is 35.9 Å². The molecular weight excluding hydrogens is 206 g/mol. The van der Waals surface area contributed by atoms with Gasteiger partial charge in [0, 0.05) is 6.42 Å². The van der Waals surface area contributed by atoms with Gasteiger partial charge < -0.3 is 4.74 Å². The molecule has 1 heterocycles. The van der Waals surface area contributed by atoms with Crippen LogP contribution in [0.1, 0.15) is 25.0 Å². The second-order valence-electron chi connectivity index (χ2n) is 3.68. The Morgan fingerprint density at radius 1 is 1.50 bits per heavy atom. The van der Waals surface area contributed by atoms with Crippen molar-refractivity contribution in [2.45, 2.75) is 25.5 Å². The Hall–Kier alpha value is -1.39. The van der Waals surface area contributed by atoms with E-state index < -0.39 is 0 Å². The predicted octanol–water partition coefficient (Wildman–Crippen LogP) is 1.58. The molecule has 2 unspecified atom stereocenters. The average molecular weight is 221 g/mol. The normalized spacial score (nSPS) is 24.3. The summed E-state index contributed by atoms with van der Waals surface area (Å²) < 4.78 is 4.93. The van der Waals surface area contributed by atoms with E-state index in [1.165, 1.54) is 0 Å². The summed E-state index contributed by atoms with van der Waals surface area (Å²) in [5, 5.41) is 0. The molecule has 86 valence electrons. The number of benzene rings is 1. The van der Waals surface area contributed by atoms with Gasteiger partial charge in [0.2, 0.25) is 0 Å². The topological polar surface area (TPSA) is 47.6 Å². The Labute approximate surface area is 94.5 Å². The number of carbonyl (C=O) groups excluding carboxylic acids is 1. The monoisotopic (exact) mass is 221 g/mol. The fourth-order valence-electron chi connectivity index (χ4n) is 1.73. The zero-order valence-corrected chi connectivity index (χ0v) is 9.18. The van der Waals surface area contributed by atoms with Crippen LogP contribution >= 0.6 is 0 Å². The molecule has 0 radical (unpaired) electrons. The largest absolute Gasteiger partial charge is 0.465 e. The van der Waals surface area contributed by atoms with Crippen LogP contribution in [0.5, 0.6) is 0 Å². The highest BCUT2D eigenvalue weighted by atomic mass is 16.7. The highest BCUT2D eigenvalue weighted by Crippen LogP contribution is 2.27. The Morgan fingerprint density at radius 3 is 2.94 bits per heavy atom. The van der Waals surface area contributed by atoms with E-state index >= 15 is 0 Å². The molecule has 1 N–H and O–H groups in total. The summed E-state index contributed by atoms with van der Waals surface area (Å²) in [5.74, 6) is -0.249. The molecule has 0 spiro atoms. The molecule has 4 heteroatoms. The zero-order valence-electron chi connectivity index (χ0n) is 9.18. The van der Waals surface area contributed by atoms with Gasteiger partial charge in [-0.25, -0.2) is 0 Å². The molecule has 1 aliphatic heterocycles. The van der Waals surface area contributed by atoms with Gasteiger partial charge in [0.15, 0.2) is 0 Å². The number of carbonyl (C=O) groups is 1. The molecule has 16 heavy (non-hydrogen) atoms. The van der Waals surface area contributed by atoms with Crippen LogP contribution in [-0.2, 0) is 14.4 Å². The fraction of sp³-hybridized carbons (Fsp3) is 0.417. The summed E-state index contributed by atoms with van der Waals surface area (Å²) in [4.78, 5) is 16.8. The Kier molecular flexibility index (Phi) is 3.54. The van der Waals surface area contributed by atoms with Gasteiger partial charge in [-0.1, -0.05) is 30.3 Å². The number of hydrogen-bond donors (Lipinski definition) is 1. The van der Waals surface area contributed by atoms with E-state index in [0.29, 0.717) is 13.0 Å². The fourth-order valence-corrected chi connectivity index (χ4v) is 1.73. The molecule has 0 bridgehead atoms. The molecule has 1 saturated heterocycles. The minimum atomic E-state index is -0.356. The lowest BCUT2D eigenvalue weighted by Gasteiger charge is -2.07. The van der Waals surface area contributed by atoms with Crippen molar-refractivity contribution >= 4 is 5.97 Å². The van der Waals surface area contributed by atoms with E-state index in [-0.39, 0.29) is 18.1 Å². The molecule has 2 atom stereocenters. The molecule has 0 aliphatic carbocycles. The van der Waals surface area contributed by atoms with Crippen molar-refractivity contribution in [3.63, 3.8) is 0 Å². The third-order valence-corrected chi connectivity index (χ3v) is 2.54. The van der Waals surface area contributed by atoms with E-state index in [2.05, 4.69) is 5.48 Å². The predicted molar refractivity (Wildman–Crippen MR) is 58.4 cm³/mol. The zero-order chi connectivity index (χ0) is 11.4. The first-order chi connectivity index (χ1) is 7.81.